The van der Waals surface area contributed by atoms with Gasteiger partial charge in [0.1, 0.15) is 0 Å². The lowest BCUT2D eigenvalue weighted by Gasteiger charge is -2.23. The number of nitro benzene ring substituents is 1. The summed E-state index contributed by atoms with van der Waals surface area (Å²) in [6, 6.07) is 14.1. The number of hydrogen-bond donors (Lipinski definition) is 1. The maximum atomic E-state index is 12.8. The molecule has 126 valence electrons. The molecule has 0 atom stereocenters. The van der Waals surface area contributed by atoms with Crippen LogP contribution in [0.25, 0.3) is 0 Å². The number of carbonyl (C=O) groups is 1. The van der Waals surface area contributed by atoms with E-state index in [1.807, 2.05) is 30.3 Å². The summed E-state index contributed by atoms with van der Waals surface area (Å²) < 4.78 is 0. The highest BCUT2D eigenvalue weighted by Gasteiger charge is 2.19. The van der Waals surface area contributed by atoms with Crippen LogP contribution in [0.3, 0.4) is 0 Å². The Morgan fingerprint density at radius 3 is 2.54 bits per heavy atom. The number of hydrogen-bond acceptors (Lipinski definition) is 4. The highest BCUT2D eigenvalue weighted by molar-refractivity contribution is 5.95. The normalized spacial score (nSPS) is 10.4. The quantitative estimate of drug-likeness (QED) is 0.625. The van der Waals surface area contributed by atoms with Gasteiger partial charge in [-0.1, -0.05) is 30.3 Å². The zero-order valence-corrected chi connectivity index (χ0v) is 13.6. The van der Waals surface area contributed by atoms with Gasteiger partial charge in [0.25, 0.3) is 11.6 Å². The van der Waals surface area contributed by atoms with Gasteiger partial charge in [-0.2, -0.15) is 0 Å². The van der Waals surface area contributed by atoms with Gasteiger partial charge < -0.3 is 10.6 Å². The maximum Gasteiger partial charge on any atom is 0.270 e. The van der Waals surface area contributed by atoms with Gasteiger partial charge in [0.2, 0.25) is 0 Å². The van der Waals surface area contributed by atoms with Gasteiger partial charge in [0.15, 0.2) is 0 Å². The van der Waals surface area contributed by atoms with Gasteiger partial charge in [0, 0.05) is 30.8 Å². The molecular weight excluding hydrogens is 306 g/mol. The summed E-state index contributed by atoms with van der Waals surface area (Å²) in [6.45, 7) is 3.17. The number of non-ortho nitro benzene ring substituents is 1. The molecule has 1 amide bonds. The summed E-state index contributed by atoms with van der Waals surface area (Å²) >= 11 is 0. The molecule has 24 heavy (non-hydrogen) atoms. The minimum atomic E-state index is -0.481. The Morgan fingerprint density at radius 2 is 1.92 bits per heavy atom. The first-order chi connectivity index (χ1) is 11.5. The fourth-order valence-electron chi connectivity index (χ4n) is 2.51. The SMILES string of the molecule is Cc1cc(C(=O)N(CCCN)Cc2ccccc2)cc([N+](=O)[O-])c1. The Kier molecular flexibility index (Phi) is 6.03. The van der Waals surface area contributed by atoms with Crippen molar-refractivity contribution in [3.63, 3.8) is 0 Å². The van der Waals surface area contributed by atoms with Crippen LogP contribution in [-0.2, 0) is 6.54 Å². The summed E-state index contributed by atoms with van der Waals surface area (Å²) in [6.07, 6.45) is 0.673. The van der Waals surface area contributed by atoms with Crippen LogP contribution in [0.2, 0.25) is 0 Å². The Labute approximate surface area is 141 Å². The molecule has 2 N–H and O–H groups in total. The van der Waals surface area contributed by atoms with Crippen molar-refractivity contribution in [3.8, 4) is 0 Å². The third-order valence-electron chi connectivity index (χ3n) is 3.66. The maximum absolute atomic E-state index is 12.8. The molecule has 0 saturated heterocycles. The summed E-state index contributed by atoms with van der Waals surface area (Å²) in [4.78, 5) is 25.1. The molecule has 0 aliphatic carbocycles. The van der Waals surface area contributed by atoms with E-state index in [1.54, 1.807) is 17.9 Å². The van der Waals surface area contributed by atoms with E-state index < -0.39 is 4.92 Å². The highest BCUT2D eigenvalue weighted by atomic mass is 16.6. The summed E-state index contributed by atoms with van der Waals surface area (Å²) in [7, 11) is 0. The third kappa shape index (κ3) is 4.63. The van der Waals surface area contributed by atoms with E-state index in [2.05, 4.69) is 0 Å². The Morgan fingerprint density at radius 1 is 1.21 bits per heavy atom. The number of amides is 1. The minimum absolute atomic E-state index is 0.0724. The fourth-order valence-corrected chi connectivity index (χ4v) is 2.51. The average Bonchev–Trinajstić information content (AvgIpc) is 2.58. The third-order valence-corrected chi connectivity index (χ3v) is 3.66. The Hall–Kier alpha value is -2.73. The first-order valence-electron chi connectivity index (χ1n) is 7.80. The second-order valence-corrected chi connectivity index (χ2v) is 5.67. The van der Waals surface area contributed by atoms with E-state index in [0.29, 0.717) is 37.2 Å². The topological polar surface area (TPSA) is 89.5 Å². The number of nitro groups is 1. The van der Waals surface area contributed by atoms with Gasteiger partial charge >= 0.3 is 0 Å². The first-order valence-corrected chi connectivity index (χ1v) is 7.80. The first kappa shape index (κ1) is 17.6. The smallest absolute Gasteiger partial charge is 0.270 e. The van der Waals surface area contributed by atoms with Crippen molar-refractivity contribution in [2.24, 2.45) is 5.73 Å². The molecule has 0 radical (unpaired) electrons. The summed E-state index contributed by atoms with van der Waals surface area (Å²) in [5, 5.41) is 11.0. The molecule has 0 unspecified atom stereocenters. The fraction of sp³-hybridized carbons (Fsp3) is 0.278. The molecule has 0 fully saturated rings. The molecule has 0 saturated carbocycles. The van der Waals surface area contributed by atoms with Crippen LogP contribution in [0, 0.1) is 17.0 Å². The number of benzene rings is 2. The van der Waals surface area contributed by atoms with Crippen molar-refractivity contribution in [1.29, 1.82) is 0 Å². The van der Waals surface area contributed by atoms with E-state index in [0.717, 1.165) is 5.56 Å². The molecule has 0 bridgehead atoms. The minimum Gasteiger partial charge on any atom is -0.334 e. The van der Waals surface area contributed by atoms with E-state index in [9.17, 15) is 14.9 Å². The van der Waals surface area contributed by atoms with E-state index in [4.69, 9.17) is 5.73 Å². The predicted octanol–water partition coefficient (Wildman–Crippen LogP) is 2.89. The zero-order valence-electron chi connectivity index (χ0n) is 13.6. The van der Waals surface area contributed by atoms with Crippen LogP contribution < -0.4 is 5.73 Å². The lowest BCUT2D eigenvalue weighted by molar-refractivity contribution is -0.384. The Balaban J connectivity index is 2.28. The van der Waals surface area contributed by atoms with Crippen LogP contribution in [0.1, 0.15) is 27.9 Å². The molecule has 6 nitrogen and oxygen atoms in total. The van der Waals surface area contributed by atoms with E-state index >= 15 is 0 Å². The van der Waals surface area contributed by atoms with Crippen LogP contribution >= 0.6 is 0 Å². The van der Waals surface area contributed by atoms with E-state index in [1.165, 1.54) is 12.1 Å². The Bertz CT molecular complexity index is 717. The average molecular weight is 327 g/mol. The molecule has 2 aromatic rings. The second-order valence-electron chi connectivity index (χ2n) is 5.67. The lowest BCUT2D eigenvalue weighted by atomic mass is 10.1. The zero-order chi connectivity index (χ0) is 17.5. The summed E-state index contributed by atoms with van der Waals surface area (Å²) in [5.74, 6) is -0.223. The molecular formula is C18H21N3O3. The number of rotatable bonds is 7. The molecule has 0 spiro atoms. The van der Waals surface area contributed by atoms with Gasteiger partial charge in [-0.3, -0.25) is 14.9 Å². The van der Waals surface area contributed by atoms with Crippen LogP contribution in [-0.4, -0.2) is 28.8 Å². The molecule has 2 rings (SSSR count). The monoisotopic (exact) mass is 327 g/mol. The second kappa shape index (κ2) is 8.21. The molecule has 0 aliphatic rings. The standard InChI is InChI=1S/C18H21N3O3/c1-14-10-16(12-17(11-14)21(23)24)18(22)20(9-5-8-19)13-15-6-3-2-4-7-15/h2-4,6-7,10-12H,5,8-9,13,19H2,1H3. The molecule has 6 heteroatoms. The number of carbonyl (C=O) groups excluding carboxylic acids is 1. The molecule has 0 aliphatic heterocycles. The molecule has 2 aromatic carbocycles. The summed E-state index contributed by atoms with van der Waals surface area (Å²) in [5.41, 5.74) is 7.52. The number of nitrogens with zero attached hydrogens (tertiary/aromatic N) is 2. The highest BCUT2D eigenvalue weighted by Crippen LogP contribution is 2.19. The van der Waals surface area contributed by atoms with Crippen molar-refractivity contribution in [2.45, 2.75) is 19.9 Å². The van der Waals surface area contributed by atoms with Crippen molar-refractivity contribution in [2.75, 3.05) is 13.1 Å². The lowest BCUT2D eigenvalue weighted by Crippen LogP contribution is -2.32. The number of nitrogens with two attached hydrogens (primary N) is 1. The van der Waals surface area contributed by atoms with Gasteiger partial charge in [0.05, 0.1) is 4.92 Å². The van der Waals surface area contributed by atoms with Gasteiger partial charge in [-0.05, 0) is 37.1 Å². The van der Waals surface area contributed by atoms with Gasteiger partial charge in [-0.25, -0.2) is 0 Å². The van der Waals surface area contributed by atoms with Crippen molar-refractivity contribution in [1.82, 2.24) is 4.90 Å². The predicted molar refractivity (Wildman–Crippen MR) is 92.7 cm³/mol. The van der Waals surface area contributed by atoms with Gasteiger partial charge in [-0.15, -0.1) is 0 Å². The largest absolute Gasteiger partial charge is 0.334 e. The molecule has 0 heterocycles. The number of aryl methyl sites for hydroxylation is 1. The van der Waals surface area contributed by atoms with Crippen molar-refractivity contribution < 1.29 is 9.72 Å². The van der Waals surface area contributed by atoms with Crippen LogP contribution in [0.5, 0.6) is 0 Å². The van der Waals surface area contributed by atoms with Crippen molar-refractivity contribution >= 4 is 11.6 Å². The molecule has 0 aromatic heterocycles. The van der Waals surface area contributed by atoms with Crippen molar-refractivity contribution in [3.05, 3.63) is 75.3 Å². The van der Waals surface area contributed by atoms with E-state index in [-0.39, 0.29) is 11.6 Å². The van der Waals surface area contributed by atoms with Crippen LogP contribution in [0.4, 0.5) is 5.69 Å². The van der Waals surface area contributed by atoms with Crippen LogP contribution in [0.15, 0.2) is 48.5 Å².